The smallest absolute Gasteiger partial charge is 0.339 e. The van der Waals surface area contributed by atoms with E-state index in [4.69, 9.17) is 70.6 Å². The molecule has 0 aromatic carbocycles. The molecule has 100 heavy (non-hydrogen) atoms. The number of rotatable bonds is 14. The predicted molar refractivity (Wildman–Crippen MR) is 397 cm³/mol. The number of nitrogen functional groups attached to an aromatic ring is 1. The van der Waals surface area contributed by atoms with Crippen molar-refractivity contribution in [3.05, 3.63) is 194 Å². The summed E-state index contributed by atoms with van der Waals surface area (Å²) in [5, 5.41) is 53.3. The second-order valence-corrected chi connectivity index (χ2v) is 22.9. The number of aldehydes is 3. The van der Waals surface area contributed by atoms with E-state index < -0.39 is 5.20 Å². The number of aliphatic hydroxyl groups is 1. The van der Waals surface area contributed by atoms with Crippen LogP contribution in [-0.2, 0) is 58.4 Å². The molecule has 0 fully saturated rings. The van der Waals surface area contributed by atoms with Crippen molar-refractivity contribution in [2.45, 2.75) is 86.6 Å². The molecular formula is C63H93BCl4N19O11PV+. The van der Waals surface area contributed by atoms with Crippen molar-refractivity contribution in [1.82, 2.24) is 35.1 Å². The SMILES string of the molecule is C.C=CC#N.C=CNC(C)=O.CC(=O)Nc1ccccn1.CC=NO.CC=O.CN(C)CCC=O.CO.Clc1ccccn1.N#CCCCC=NO.N#CCCCC=O.NC(=O)C[n+]1ccccc1.NC(N)=Nc1ccccn1.Nc1ccccn1.O=P(Cl)(Cl)Cl.O=c1cccc[nH]1.[B].[V]. The predicted octanol–water partition coefficient (Wildman–Crippen LogP) is 9.72. The van der Waals surface area contributed by atoms with E-state index in [0.717, 1.165) is 38.9 Å². The molecule has 0 atom stereocenters. The van der Waals surface area contributed by atoms with E-state index in [1.54, 1.807) is 109 Å². The zero-order chi connectivity index (χ0) is 76.0. The molecule has 6 aromatic heterocycles. The van der Waals surface area contributed by atoms with Crippen LogP contribution < -0.4 is 43.7 Å². The van der Waals surface area contributed by atoms with Crippen LogP contribution >= 0.6 is 50.5 Å². The molecule has 0 unspecified atom stereocenters. The Kier molecular flexibility index (Phi) is 117. The molecule has 3 amide bonds. The van der Waals surface area contributed by atoms with Crippen molar-refractivity contribution in [3.8, 4) is 18.2 Å². The molecule has 0 aliphatic carbocycles. The second-order valence-electron chi connectivity index (χ2n) is 15.8. The Balaban J connectivity index is -0.0000000839. The number of primary amides is 1. The zero-order valence-corrected chi connectivity index (χ0v) is 61.3. The summed E-state index contributed by atoms with van der Waals surface area (Å²) in [5.41, 5.74) is 20.4. The van der Waals surface area contributed by atoms with Crippen LogP contribution in [0.15, 0.2) is 198 Å². The molecule has 0 saturated heterocycles. The maximum atomic E-state index is 10.5. The molecule has 6 rings (SSSR count). The third kappa shape index (κ3) is 144. The average Bonchev–Trinajstić information content (AvgIpc) is 1.22. The van der Waals surface area contributed by atoms with E-state index >= 15 is 0 Å². The van der Waals surface area contributed by atoms with Gasteiger partial charge in [-0.25, -0.2) is 19.9 Å². The molecule has 0 aliphatic heterocycles. The number of H-pyrrole nitrogens is 1. The third-order valence-corrected chi connectivity index (χ3v) is 7.72. The molecule has 6 heterocycles. The molecule has 0 spiro atoms. The van der Waals surface area contributed by atoms with Crippen LogP contribution in [0.1, 0.15) is 80.1 Å². The van der Waals surface area contributed by atoms with Crippen LogP contribution in [0.2, 0.25) is 5.15 Å². The summed E-state index contributed by atoms with van der Waals surface area (Å²) in [5.74, 6) is 1.22. The number of hydrogen-bond acceptors (Lipinski definition) is 23. The Labute approximate surface area is 620 Å². The number of nitriles is 3. The quantitative estimate of drug-likeness (QED) is 0.00414. The first-order chi connectivity index (χ1) is 46.2. The molecule has 0 aliphatic rings. The Hall–Kier alpha value is -9.96. The number of nitrogens with zero attached hydrogens (tertiary/aromatic N) is 12. The first kappa shape index (κ1) is 117. The van der Waals surface area contributed by atoms with Crippen LogP contribution in [0.25, 0.3) is 0 Å². The van der Waals surface area contributed by atoms with Gasteiger partial charge in [-0.3, -0.25) is 23.7 Å². The van der Waals surface area contributed by atoms with Crippen LogP contribution in [0, 0.1) is 34.0 Å². The molecule has 37 heteroatoms. The van der Waals surface area contributed by atoms with Gasteiger partial charge in [0.15, 0.2) is 24.2 Å². The van der Waals surface area contributed by atoms with Gasteiger partial charge in [0.25, 0.3) is 5.91 Å². The first-order valence-corrected chi connectivity index (χ1v) is 32.2. The minimum Gasteiger partial charge on any atom is -0.411 e. The number of aliphatic hydroxyl groups excluding tert-OH is 1. The number of amides is 3. The number of carbonyl (C=O) groups is 6. The van der Waals surface area contributed by atoms with Crippen molar-refractivity contribution < 1.29 is 72.0 Å². The molecule has 30 nitrogen and oxygen atoms in total. The van der Waals surface area contributed by atoms with E-state index in [0.29, 0.717) is 61.1 Å². The third-order valence-electron chi connectivity index (χ3n) is 7.49. The summed E-state index contributed by atoms with van der Waals surface area (Å²) in [6, 6.07) is 37.7. The van der Waals surface area contributed by atoms with Crippen LogP contribution in [0.3, 0.4) is 0 Å². The van der Waals surface area contributed by atoms with Crippen molar-refractivity contribution in [1.29, 1.82) is 15.8 Å². The minimum atomic E-state index is -3.22. The molecule has 0 saturated carbocycles. The number of aromatic amines is 1. The largest absolute Gasteiger partial charge is 0.411 e. The van der Waals surface area contributed by atoms with Gasteiger partial charge in [0.05, 0.1) is 18.2 Å². The number of allylic oxidation sites excluding steroid dienone is 1. The zero-order valence-electron chi connectivity index (χ0n) is 56.0. The summed E-state index contributed by atoms with van der Waals surface area (Å²) in [4.78, 5) is 92.4. The van der Waals surface area contributed by atoms with E-state index in [9.17, 15) is 33.3 Å². The minimum absolute atomic E-state index is 0. The van der Waals surface area contributed by atoms with Gasteiger partial charge in [0, 0.05) is 148 Å². The van der Waals surface area contributed by atoms with Crippen LogP contribution in [0.5, 0.6) is 0 Å². The van der Waals surface area contributed by atoms with Crippen molar-refractivity contribution >= 4 is 131 Å². The fourth-order valence-corrected chi connectivity index (χ4v) is 4.16. The normalized spacial score (nSPS) is 8.14. The Bertz CT molecular complexity index is 3030. The van der Waals surface area contributed by atoms with Gasteiger partial charge >= 0.3 is 5.20 Å². The Morgan fingerprint density at radius 1 is 0.730 bits per heavy atom. The number of guanidine groups is 1. The van der Waals surface area contributed by atoms with Crippen molar-refractivity contribution in [3.63, 3.8) is 0 Å². The number of aromatic nitrogens is 6. The molecule has 546 valence electrons. The van der Waals surface area contributed by atoms with E-state index in [1.165, 1.54) is 51.5 Å². The standard InChI is InChI=1S/2C7H8N2O.C6H8N4.C5H4ClN.C5H8N2O.C5H6N2.C5H5NO.C5H11NO.C5H7NO.C4H7NO.C3H3N.C2H5NO.C2H4O.CH4O.CH4.B.Cl3OP.V/c1-6(10)9-7-4-2-3-5-8-7;8-7(10)6-9-4-2-1-3-5-9;7-6(8)10-5-3-1-2-4-9-5;6-5-3-1-2-4-7-5;6-4-2-1-3-5-7-8;6-5-3-1-2-4-7-5;7-5-3-1-2-4-6-5;1-6(2)4-3-5-7;6-4-2-1-3-5-7;1-3-5-4(2)6;2*1-2-3-4;1-2-3;1-2;;;1-5(2,3)4;/h2-5H,1H3,(H,8,9,10);1-5H,6H2,(H-,8,10);1-4H,(H4,7,8,9,10);1-4H;5,8H,1-3H2;1-4H,(H2,6,7);1-4H,(H,6,7);5H,3-4H2,1-2H3;5H,1-3H2;3H,1H2,2H3,(H,5,6);2H,1H2;2,4H,1H3;2H,1H3;2H,1H3;1H4;;;/p+1. The maximum Gasteiger partial charge on any atom is 0.339 e. The number of nitrogens with one attached hydrogen (secondary N) is 3. The number of pyridine rings is 6. The number of aliphatic imine (C=N–C) groups is 1. The number of hydrogen-bond donors (Lipinski definition) is 10. The topological polar surface area (TPSA) is 508 Å². The molecule has 4 radical (unpaired) electrons. The summed E-state index contributed by atoms with van der Waals surface area (Å²) in [7, 11) is 4.90. The summed E-state index contributed by atoms with van der Waals surface area (Å²) < 4.78 is 11.2. The monoisotopic (exact) mass is 1520 g/mol. The van der Waals surface area contributed by atoms with E-state index in [2.05, 4.69) is 97.7 Å². The maximum absolute atomic E-state index is 10.5. The Morgan fingerprint density at radius 2 is 1.19 bits per heavy atom. The van der Waals surface area contributed by atoms with Gasteiger partial charge < -0.3 is 73.4 Å². The number of halogens is 4. The van der Waals surface area contributed by atoms with Crippen molar-refractivity contribution in [2.75, 3.05) is 38.8 Å². The fourth-order valence-electron chi connectivity index (χ4n) is 4.03. The van der Waals surface area contributed by atoms with Gasteiger partial charge in [0.1, 0.15) is 35.6 Å². The van der Waals surface area contributed by atoms with Crippen molar-refractivity contribution in [2.24, 2.45) is 32.5 Å². The molecule has 6 aromatic rings. The van der Waals surface area contributed by atoms with Crippen LogP contribution in [-0.4, -0.2) is 136 Å². The van der Waals surface area contributed by atoms with E-state index in [1.807, 2.05) is 85.7 Å². The summed E-state index contributed by atoms with van der Waals surface area (Å²) in [6.45, 7) is 13.5. The van der Waals surface area contributed by atoms with Gasteiger partial charge in [-0.15, -0.1) is 10.3 Å². The second kappa shape index (κ2) is 100. The number of unbranched alkanes of at least 4 members (excludes halogenated alkanes) is 4. The Morgan fingerprint density at radius 3 is 1.44 bits per heavy atom. The summed E-state index contributed by atoms with van der Waals surface area (Å²) >= 11 is 19.3. The van der Waals surface area contributed by atoms with Gasteiger partial charge in [-0.2, -0.15) is 25.3 Å². The average molecular weight is 1530 g/mol. The van der Waals surface area contributed by atoms with Crippen LogP contribution in [0.4, 0.5) is 17.5 Å². The molecule has 14 N–H and O–H groups in total. The van der Waals surface area contributed by atoms with Gasteiger partial charge in [0.2, 0.25) is 23.9 Å². The number of nitrogens with two attached hydrogens (primary N) is 4. The first-order valence-electron chi connectivity index (χ1n) is 27.4. The summed E-state index contributed by atoms with van der Waals surface area (Å²) in [6.07, 6.45) is 23.9. The number of anilines is 2. The van der Waals surface area contributed by atoms with Gasteiger partial charge in [-0.05, 0) is 142 Å². The fraction of sp³-hybridized carbons (Fsp3) is 0.270. The van der Waals surface area contributed by atoms with Gasteiger partial charge in [-0.1, -0.05) is 68.6 Å². The number of oxime groups is 2. The van der Waals surface area contributed by atoms with E-state index in [-0.39, 0.29) is 70.2 Å². The number of carbonyl (C=O) groups excluding carboxylic acids is 6. The molecular weight excluding hydrogens is 1430 g/mol. The molecule has 0 bridgehead atoms.